The van der Waals surface area contributed by atoms with Crippen molar-refractivity contribution in [2.75, 3.05) is 19.6 Å². The largest absolute Gasteiger partial charge is 0.370 e. The highest BCUT2D eigenvalue weighted by atomic mass is 15.2. The van der Waals surface area contributed by atoms with Gasteiger partial charge >= 0.3 is 0 Å². The molecule has 2 aliphatic rings. The molecule has 0 aromatic carbocycles. The van der Waals surface area contributed by atoms with Crippen LogP contribution in [0.3, 0.4) is 0 Å². The number of aliphatic imine (C=N–C) groups is 1. The minimum absolute atomic E-state index is 0.574. The average Bonchev–Trinajstić information content (AvgIpc) is 2.96. The van der Waals surface area contributed by atoms with Gasteiger partial charge in [0.2, 0.25) is 0 Å². The summed E-state index contributed by atoms with van der Waals surface area (Å²) in [7, 11) is 0. The Balaban J connectivity index is 1.70. The second-order valence-corrected chi connectivity index (χ2v) is 6.10. The fourth-order valence-corrected chi connectivity index (χ4v) is 3.03. The topological polar surface area (TPSA) is 53.6 Å². The molecule has 4 nitrogen and oxygen atoms in total. The SMILES string of the molecule is CC(C)N1CCC(CN=C(N)NC2CCCC2)C1. The van der Waals surface area contributed by atoms with E-state index in [0.29, 0.717) is 24.0 Å². The zero-order valence-electron chi connectivity index (χ0n) is 11.9. The summed E-state index contributed by atoms with van der Waals surface area (Å²) in [6, 6.07) is 1.23. The number of hydrogen-bond acceptors (Lipinski definition) is 2. The van der Waals surface area contributed by atoms with Crippen molar-refractivity contribution < 1.29 is 0 Å². The number of likely N-dealkylation sites (tertiary alicyclic amines) is 1. The maximum Gasteiger partial charge on any atom is 0.188 e. The third-order valence-corrected chi connectivity index (χ3v) is 4.27. The number of rotatable bonds is 4. The van der Waals surface area contributed by atoms with Gasteiger partial charge in [0.1, 0.15) is 0 Å². The van der Waals surface area contributed by atoms with Gasteiger partial charge in [-0.1, -0.05) is 12.8 Å². The molecular formula is C14H28N4. The Morgan fingerprint density at radius 1 is 1.33 bits per heavy atom. The quantitative estimate of drug-likeness (QED) is 0.590. The first-order valence-corrected chi connectivity index (χ1v) is 7.45. The molecule has 1 unspecified atom stereocenters. The van der Waals surface area contributed by atoms with Crippen LogP contribution in [-0.2, 0) is 0 Å². The van der Waals surface area contributed by atoms with E-state index in [9.17, 15) is 0 Å². The predicted molar refractivity (Wildman–Crippen MR) is 76.7 cm³/mol. The van der Waals surface area contributed by atoms with Crippen LogP contribution in [0.2, 0.25) is 0 Å². The summed E-state index contributed by atoms with van der Waals surface area (Å²) in [4.78, 5) is 7.05. The number of guanidine groups is 1. The lowest BCUT2D eigenvalue weighted by atomic mass is 10.1. The van der Waals surface area contributed by atoms with Crippen molar-refractivity contribution in [2.24, 2.45) is 16.6 Å². The van der Waals surface area contributed by atoms with Gasteiger partial charge in [-0.05, 0) is 45.6 Å². The Labute approximate surface area is 111 Å². The van der Waals surface area contributed by atoms with Crippen molar-refractivity contribution in [1.82, 2.24) is 10.2 Å². The van der Waals surface area contributed by atoms with Gasteiger partial charge in [-0.25, -0.2) is 0 Å². The molecule has 3 N–H and O–H groups in total. The Morgan fingerprint density at radius 2 is 2.06 bits per heavy atom. The van der Waals surface area contributed by atoms with Crippen LogP contribution < -0.4 is 11.1 Å². The van der Waals surface area contributed by atoms with Gasteiger partial charge < -0.3 is 16.0 Å². The molecule has 0 aromatic heterocycles. The summed E-state index contributed by atoms with van der Waals surface area (Å²) in [5, 5.41) is 3.35. The van der Waals surface area contributed by atoms with E-state index in [4.69, 9.17) is 5.73 Å². The molecule has 104 valence electrons. The van der Waals surface area contributed by atoms with Gasteiger partial charge in [-0.3, -0.25) is 4.99 Å². The molecule has 1 aliphatic heterocycles. The van der Waals surface area contributed by atoms with Gasteiger partial charge in [-0.2, -0.15) is 0 Å². The maximum absolute atomic E-state index is 5.95. The summed E-state index contributed by atoms with van der Waals surface area (Å²) in [6.45, 7) is 7.81. The lowest BCUT2D eigenvalue weighted by molar-refractivity contribution is 0.266. The van der Waals surface area contributed by atoms with E-state index in [1.807, 2.05) is 0 Å². The number of nitrogens with one attached hydrogen (secondary N) is 1. The fourth-order valence-electron chi connectivity index (χ4n) is 3.03. The zero-order chi connectivity index (χ0) is 13.0. The molecule has 18 heavy (non-hydrogen) atoms. The number of nitrogens with zero attached hydrogens (tertiary/aromatic N) is 2. The molecule has 1 heterocycles. The second kappa shape index (κ2) is 6.41. The molecular weight excluding hydrogens is 224 g/mol. The van der Waals surface area contributed by atoms with Crippen molar-refractivity contribution in [3.8, 4) is 0 Å². The molecule has 0 amide bonds. The average molecular weight is 252 g/mol. The van der Waals surface area contributed by atoms with Gasteiger partial charge in [-0.15, -0.1) is 0 Å². The van der Waals surface area contributed by atoms with Gasteiger partial charge in [0.25, 0.3) is 0 Å². The first-order valence-electron chi connectivity index (χ1n) is 7.45. The van der Waals surface area contributed by atoms with Crippen molar-refractivity contribution in [1.29, 1.82) is 0 Å². The number of hydrogen-bond donors (Lipinski definition) is 2. The van der Waals surface area contributed by atoms with Crippen LogP contribution in [0.15, 0.2) is 4.99 Å². The zero-order valence-corrected chi connectivity index (χ0v) is 11.9. The second-order valence-electron chi connectivity index (χ2n) is 6.10. The molecule has 2 fully saturated rings. The lowest BCUT2D eigenvalue weighted by Gasteiger charge is -2.19. The molecule has 2 rings (SSSR count). The Kier molecular flexibility index (Phi) is 4.87. The van der Waals surface area contributed by atoms with Crippen LogP contribution in [0.5, 0.6) is 0 Å². The molecule has 1 saturated heterocycles. The first kappa shape index (κ1) is 13.7. The highest BCUT2D eigenvalue weighted by Gasteiger charge is 2.23. The van der Waals surface area contributed by atoms with E-state index in [2.05, 4.69) is 29.1 Å². The lowest BCUT2D eigenvalue weighted by Crippen LogP contribution is -2.39. The molecule has 0 radical (unpaired) electrons. The van der Waals surface area contributed by atoms with E-state index in [1.54, 1.807) is 0 Å². The van der Waals surface area contributed by atoms with E-state index in [-0.39, 0.29) is 0 Å². The van der Waals surface area contributed by atoms with Gasteiger partial charge in [0, 0.05) is 25.2 Å². The Hall–Kier alpha value is -0.770. The normalized spacial score (nSPS) is 27.3. The molecule has 0 bridgehead atoms. The number of nitrogens with two attached hydrogens (primary N) is 1. The van der Waals surface area contributed by atoms with Crippen LogP contribution in [-0.4, -0.2) is 42.6 Å². The van der Waals surface area contributed by atoms with E-state index < -0.39 is 0 Å². The smallest absolute Gasteiger partial charge is 0.188 e. The molecule has 1 atom stereocenters. The van der Waals surface area contributed by atoms with Crippen LogP contribution in [0, 0.1) is 5.92 Å². The van der Waals surface area contributed by atoms with Crippen LogP contribution in [0.25, 0.3) is 0 Å². The van der Waals surface area contributed by atoms with Crippen LogP contribution in [0.4, 0.5) is 0 Å². The minimum atomic E-state index is 0.574. The summed E-state index contributed by atoms with van der Waals surface area (Å²) in [6.07, 6.45) is 6.42. The monoisotopic (exact) mass is 252 g/mol. The third kappa shape index (κ3) is 3.87. The molecule has 1 saturated carbocycles. The van der Waals surface area contributed by atoms with Crippen molar-refractivity contribution in [3.05, 3.63) is 0 Å². The molecule has 0 aromatic rings. The summed E-state index contributed by atoms with van der Waals surface area (Å²) >= 11 is 0. The van der Waals surface area contributed by atoms with E-state index in [0.717, 1.165) is 6.54 Å². The Bertz CT molecular complexity index is 282. The Morgan fingerprint density at radius 3 is 2.67 bits per heavy atom. The van der Waals surface area contributed by atoms with Crippen molar-refractivity contribution >= 4 is 5.96 Å². The fraction of sp³-hybridized carbons (Fsp3) is 0.929. The third-order valence-electron chi connectivity index (χ3n) is 4.27. The molecule has 1 aliphatic carbocycles. The van der Waals surface area contributed by atoms with E-state index in [1.165, 1.54) is 45.2 Å². The summed E-state index contributed by atoms with van der Waals surface area (Å²) < 4.78 is 0. The standard InChI is InChI=1S/C14H28N4/c1-11(2)18-8-7-12(10-18)9-16-14(15)17-13-5-3-4-6-13/h11-13H,3-10H2,1-2H3,(H3,15,16,17). The summed E-state index contributed by atoms with van der Waals surface area (Å²) in [5.41, 5.74) is 5.95. The maximum atomic E-state index is 5.95. The predicted octanol–water partition coefficient (Wildman–Crippen LogP) is 1.56. The van der Waals surface area contributed by atoms with Gasteiger partial charge in [0.15, 0.2) is 5.96 Å². The molecule has 0 spiro atoms. The molecule has 4 heteroatoms. The van der Waals surface area contributed by atoms with Crippen molar-refractivity contribution in [2.45, 2.75) is 58.0 Å². The highest BCUT2D eigenvalue weighted by molar-refractivity contribution is 5.78. The highest BCUT2D eigenvalue weighted by Crippen LogP contribution is 2.19. The van der Waals surface area contributed by atoms with Gasteiger partial charge in [0.05, 0.1) is 0 Å². The van der Waals surface area contributed by atoms with Crippen LogP contribution >= 0.6 is 0 Å². The summed E-state index contributed by atoms with van der Waals surface area (Å²) in [5.74, 6) is 1.35. The van der Waals surface area contributed by atoms with Crippen LogP contribution in [0.1, 0.15) is 46.0 Å². The minimum Gasteiger partial charge on any atom is -0.370 e. The van der Waals surface area contributed by atoms with E-state index >= 15 is 0 Å². The van der Waals surface area contributed by atoms with Crippen molar-refractivity contribution in [3.63, 3.8) is 0 Å². The first-order chi connectivity index (χ1) is 8.65.